The number of rotatable bonds is 7. The molecule has 29 heavy (non-hydrogen) atoms. The molecule has 1 heterocycles. The molecule has 148 valence electrons. The molecule has 3 rings (SSSR count). The molecule has 0 unspecified atom stereocenters. The van der Waals surface area contributed by atoms with Crippen LogP contribution in [0.15, 0.2) is 56.6 Å². The molecule has 2 aromatic carbocycles. The summed E-state index contributed by atoms with van der Waals surface area (Å²) in [6, 6.07) is 12.1. The zero-order valence-electron chi connectivity index (χ0n) is 15.5. The Bertz CT molecular complexity index is 1160. The Morgan fingerprint density at radius 1 is 1.28 bits per heavy atom. The number of fused-ring (bicyclic) bond motifs is 1. The van der Waals surface area contributed by atoms with Gasteiger partial charge >= 0.3 is 11.7 Å². The van der Waals surface area contributed by atoms with Crippen molar-refractivity contribution in [2.24, 2.45) is 0 Å². The average Bonchev–Trinajstić information content (AvgIpc) is 3.02. The standard InChI is InChI=1S/C20H17N3O5S/c1-13-10-14(29-12-21)6-7-15(13)22-18(24)11-27-19(25)8-9-23-16-4-2-3-5-17(16)28-20(23)26/h2-7,10H,8-9,11H2,1H3,(H,22,24). The van der Waals surface area contributed by atoms with E-state index in [1.54, 1.807) is 49.4 Å². The zero-order valence-corrected chi connectivity index (χ0v) is 16.3. The maximum Gasteiger partial charge on any atom is 0.419 e. The fourth-order valence-corrected chi connectivity index (χ4v) is 3.20. The van der Waals surface area contributed by atoms with E-state index in [1.807, 2.05) is 5.40 Å². The van der Waals surface area contributed by atoms with Crippen molar-refractivity contribution in [2.45, 2.75) is 24.8 Å². The van der Waals surface area contributed by atoms with Crippen LogP contribution in [0.1, 0.15) is 12.0 Å². The predicted molar refractivity (Wildman–Crippen MR) is 107 cm³/mol. The third-order valence-electron chi connectivity index (χ3n) is 4.11. The molecular formula is C20H17N3O5S. The molecule has 1 amide bonds. The molecule has 0 fully saturated rings. The highest BCUT2D eigenvalue weighted by Crippen LogP contribution is 2.23. The Balaban J connectivity index is 1.50. The molecule has 0 radical (unpaired) electrons. The summed E-state index contributed by atoms with van der Waals surface area (Å²) >= 11 is 1.03. The molecule has 9 heteroatoms. The van der Waals surface area contributed by atoms with Crippen LogP contribution in [0, 0.1) is 17.6 Å². The van der Waals surface area contributed by atoms with Gasteiger partial charge in [-0.1, -0.05) is 12.1 Å². The van der Waals surface area contributed by atoms with E-state index in [-0.39, 0.29) is 13.0 Å². The number of esters is 1. The molecule has 1 N–H and O–H groups in total. The highest BCUT2D eigenvalue weighted by Gasteiger charge is 2.13. The van der Waals surface area contributed by atoms with Crippen LogP contribution in [0.3, 0.4) is 0 Å². The summed E-state index contributed by atoms with van der Waals surface area (Å²) in [5, 5.41) is 13.3. The first-order valence-electron chi connectivity index (χ1n) is 8.68. The lowest BCUT2D eigenvalue weighted by atomic mass is 10.2. The number of oxazole rings is 1. The van der Waals surface area contributed by atoms with E-state index in [9.17, 15) is 14.4 Å². The number of nitrogens with zero attached hydrogens (tertiary/aromatic N) is 2. The van der Waals surface area contributed by atoms with Gasteiger partial charge in [0.05, 0.1) is 11.9 Å². The highest BCUT2D eigenvalue weighted by molar-refractivity contribution is 8.03. The van der Waals surface area contributed by atoms with Crippen LogP contribution in [0.5, 0.6) is 0 Å². The molecule has 0 atom stereocenters. The summed E-state index contributed by atoms with van der Waals surface area (Å²) in [6.45, 7) is 1.46. The minimum Gasteiger partial charge on any atom is -0.456 e. The van der Waals surface area contributed by atoms with E-state index in [0.717, 1.165) is 22.2 Å². The number of aryl methyl sites for hydroxylation is 2. The van der Waals surface area contributed by atoms with Crippen molar-refractivity contribution in [1.82, 2.24) is 4.57 Å². The van der Waals surface area contributed by atoms with Crippen molar-refractivity contribution in [3.05, 3.63) is 58.6 Å². The first kappa shape index (κ1) is 20.2. The number of carbonyl (C=O) groups excluding carboxylic acids is 2. The van der Waals surface area contributed by atoms with Gasteiger partial charge in [-0.2, -0.15) is 5.26 Å². The van der Waals surface area contributed by atoms with Crippen molar-refractivity contribution >= 4 is 40.4 Å². The lowest BCUT2D eigenvalue weighted by Gasteiger charge is -2.10. The number of amides is 1. The quantitative estimate of drug-likeness (QED) is 0.361. The number of thioether (sulfide) groups is 1. The Morgan fingerprint density at radius 2 is 2.07 bits per heavy atom. The van der Waals surface area contributed by atoms with Crippen molar-refractivity contribution in [3.63, 3.8) is 0 Å². The number of nitriles is 1. The van der Waals surface area contributed by atoms with E-state index in [1.165, 1.54) is 4.57 Å². The third-order valence-corrected chi connectivity index (χ3v) is 4.69. The summed E-state index contributed by atoms with van der Waals surface area (Å²) in [5.74, 6) is -1.63. The van der Waals surface area contributed by atoms with E-state index in [4.69, 9.17) is 14.4 Å². The molecule has 0 aliphatic rings. The Labute approximate surface area is 170 Å². The largest absolute Gasteiger partial charge is 0.456 e. The first-order chi connectivity index (χ1) is 14.0. The van der Waals surface area contributed by atoms with Crippen LogP contribution < -0.4 is 11.1 Å². The van der Waals surface area contributed by atoms with Gasteiger partial charge < -0.3 is 14.5 Å². The molecule has 0 saturated heterocycles. The molecule has 8 nitrogen and oxygen atoms in total. The number of anilines is 1. The molecule has 0 bridgehead atoms. The van der Waals surface area contributed by atoms with E-state index < -0.39 is 24.2 Å². The lowest BCUT2D eigenvalue weighted by Crippen LogP contribution is -2.23. The Hall–Kier alpha value is -3.51. The van der Waals surface area contributed by atoms with Crippen molar-refractivity contribution < 1.29 is 18.7 Å². The topological polar surface area (TPSA) is 114 Å². The second-order valence-electron chi connectivity index (χ2n) is 6.12. The molecule has 0 spiro atoms. The number of nitrogens with one attached hydrogen (secondary N) is 1. The SMILES string of the molecule is Cc1cc(SC#N)ccc1NC(=O)COC(=O)CCn1c(=O)oc2ccccc21. The van der Waals surface area contributed by atoms with Crippen LogP contribution in [-0.2, 0) is 20.9 Å². The predicted octanol–water partition coefficient (Wildman–Crippen LogP) is 3.05. The van der Waals surface area contributed by atoms with Gasteiger partial charge in [-0.25, -0.2) is 4.79 Å². The molecule has 0 aliphatic carbocycles. The van der Waals surface area contributed by atoms with E-state index in [0.29, 0.717) is 16.8 Å². The van der Waals surface area contributed by atoms with Crippen LogP contribution in [0.2, 0.25) is 0 Å². The number of thiocyanates is 1. The minimum atomic E-state index is -0.602. The highest BCUT2D eigenvalue weighted by atomic mass is 32.2. The first-order valence-corrected chi connectivity index (χ1v) is 9.50. The number of para-hydroxylation sites is 2. The van der Waals surface area contributed by atoms with Gasteiger partial charge in [0.1, 0.15) is 5.40 Å². The number of aromatic nitrogens is 1. The molecule has 1 aromatic heterocycles. The van der Waals surface area contributed by atoms with Gasteiger partial charge in [0.25, 0.3) is 5.91 Å². The Kier molecular flexibility index (Phi) is 6.36. The number of hydrogen-bond donors (Lipinski definition) is 1. The third kappa shape index (κ3) is 5.06. The maximum absolute atomic E-state index is 12.0. The summed E-state index contributed by atoms with van der Waals surface area (Å²) < 4.78 is 11.4. The van der Waals surface area contributed by atoms with Gasteiger partial charge in [0.2, 0.25) is 0 Å². The van der Waals surface area contributed by atoms with Crippen molar-refractivity contribution in [3.8, 4) is 5.40 Å². The smallest absolute Gasteiger partial charge is 0.419 e. The van der Waals surface area contributed by atoms with Crippen molar-refractivity contribution in [2.75, 3.05) is 11.9 Å². The van der Waals surface area contributed by atoms with Crippen LogP contribution in [0.25, 0.3) is 11.1 Å². The monoisotopic (exact) mass is 411 g/mol. The van der Waals surface area contributed by atoms with E-state index in [2.05, 4.69) is 5.32 Å². The molecule has 0 aliphatic heterocycles. The number of carbonyl (C=O) groups is 2. The zero-order chi connectivity index (χ0) is 20.8. The second-order valence-corrected chi connectivity index (χ2v) is 6.97. The number of hydrogen-bond acceptors (Lipinski definition) is 7. The summed E-state index contributed by atoms with van der Waals surface area (Å²) in [5.41, 5.74) is 2.40. The van der Waals surface area contributed by atoms with Crippen LogP contribution >= 0.6 is 11.8 Å². The van der Waals surface area contributed by atoms with Crippen LogP contribution in [0.4, 0.5) is 5.69 Å². The average molecular weight is 411 g/mol. The fourth-order valence-electron chi connectivity index (χ4n) is 2.73. The normalized spacial score (nSPS) is 10.5. The van der Waals surface area contributed by atoms with Crippen molar-refractivity contribution in [1.29, 1.82) is 5.26 Å². The number of benzene rings is 2. The van der Waals surface area contributed by atoms with Gasteiger partial charge in [-0.05, 0) is 54.6 Å². The maximum atomic E-state index is 12.0. The minimum absolute atomic E-state index is 0.0736. The Morgan fingerprint density at radius 3 is 2.83 bits per heavy atom. The lowest BCUT2D eigenvalue weighted by molar-refractivity contribution is -0.147. The second kappa shape index (κ2) is 9.12. The summed E-state index contributed by atoms with van der Waals surface area (Å²) in [6.07, 6.45) is -0.0736. The van der Waals surface area contributed by atoms with Crippen LogP contribution in [-0.4, -0.2) is 23.1 Å². The van der Waals surface area contributed by atoms with Gasteiger partial charge in [-0.3, -0.25) is 14.2 Å². The van der Waals surface area contributed by atoms with Gasteiger partial charge in [0.15, 0.2) is 12.2 Å². The molecular weight excluding hydrogens is 394 g/mol. The fraction of sp³-hybridized carbons (Fsp3) is 0.200. The molecule has 0 saturated carbocycles. The van der Waals surface area contributed by atoms with E-state index >= 15 is 0 Å². The molecule has 3 aromatic rings. The van der Waals surface area contributed by atoms with Gasteiger partial charge in [0, 0.05) is 17.1 Å². The van der Waals surface area contributed by atoms with Gasteiger partial charge in [-0.15, -0.1) is 0 Å². The number of ether oxygens (including phenoxy) is 1. The summed E-state index contributed by atoms with van der Waals surface area (Å²) in [7, 11) is 0. The summed E-state index contributed by atoms with van der Waals surface area (Å²) in [4.78, 5) is 36.6.